The Bertz CT molecular complexity index is 516. The molecule has 0 aromatic heterocycles. The van der Waals surface area contributed by atoms with Crippen molar-refractivity contribution in [2.75, 3.05) is 7.11 Å². The van der Waals surface area contributed by atoms with E-state index in [0.717, 1.165) is 12.8 Å². The van der Waals surface area contributed by atoms with E-state index in [4.69, 9.17) is 4.74 Å². The van der Waals surface area contributed by atoms with E-state index in [1.54, 1.807) is 6.92 Å². The fourth-order valence-electron chi connectivity index (χ4n) is 4.33. The van der Waals surface area contributed by atoms with Gasteiger partial charge in [-0.15, -0.1) is 0 Å². The average Bonchev–Trinajstić information content (AvgIpc) is 2.42. The van der Waals surface area contributed by atoms with Gasteiger partial charge in [0.05, 0.1) is 13.0 Å². The van der Waals surface area contributed by atoms with Crippen LogP contribution < -0.4 is 0 Å². The number of carbonyl (C=O) groups is 3. The lowest BCUT2D eigenvalue weighted by Crippen LogP contribution is -2.54. The zero-order chi connectivity index (χ0) is 13.8. The minimum absolute atomic E-state index is 0.0603. The van der Waals surface area contributed by atoms with Crippen molar-refractivity contribution >= 4 is 17.5 Å². The van der Waals surface area contributed by atoms with Crippen LogP contribution in [0.4, 0.5) is 0 Å². The minimum Gasteiger partial charge on any atom is -0.469 e. The maximum absolute atomic E-state index is 12.5. The monoisotopic (exact) mass is 262 g/mol. The highest BCUT2D eigenvalue weighted by Crippen LogP contribution is 2.60. The largest absolute Gasteiger partial charge is 0.469 e. The number of rotatable bonds is 1. The van der Waals surface area contributed by atoms with Crippen LogP contribution in [0.3, 0.4) is 0 Å². The second-order valence-corrected chi connectivity index (χ2v) is 5.99. The Morgan fingerprint density at radius 1 is 1.32 bits per heavy atom. The molecule has 3 fully saturated rings. The molecule has 2 bridgehead atoms. The Kier molecular flexibility index (Phi) is 2.66. The van der Waals surface area contributed by atoms with Crippen LogP contribution >= 0.6 is 0 Å². The van der Waals surface area contributed by atoms with Crippen molar-refractivity contribution in [2.24, 2.45) is 17.3 Å². The highest BCUT2D eigenvalue weighted by atomic mass is 16.5. The number of ether oxygens (including phenoxy) is 1. The molecule has 4 aliphatic rings. The molecule has 1 spiro atoms. The van der Waals surface area contributed by atoms with E-state index in [2.05, 4.69) is 0 Å². The summed E-state index contributed by atoms with van der Waals surface area (Å²) in [5, 5.41) is 0. The summed E-state index contributed by atoms with van der Waals surface area (Å²) in [4.78, 5) is 36.4. The van der Waals surface area contributed by atoms with Crippen molar-refractivity contribution in [2.45, 2.75) is 39.0 Å². The molecule has 0 saturated heterocycles. The number of esters is 1. The molecule has 4 nitrogen and oxygen atoms in total. The third-order valence-electron chi connectivity index (χ3n) is 5.32. The van der Waals surface area contributed by atoms with Gasteiger partial charge in [0, 0.05) is 23.3 Å². The number of hydrogen-bond donors (Lipinski definition) is 0. The Hall–Kier alpha value is -1.45. The fraction of sp³-hybridized carbons (Fsp3) is 0.667. The van der Waals surface area contributed by atoms with Gasteiger partial charge in [-0.3, -0.25) is 14.4 Å². The molecule has 0 aliphatic heterocycles. The van der Waals surface area contributed by atoms with Crippen LogP contribution in [0, 0.1) is 17.3 Å². The van der Waals surface area contributed by atoms with E-state index in [0.29, 0.717) is 30.4 Å². The van der Waals surface area contributed by atoms with Crippen molar-refractivity contribution in [3.8, 4) is 0 Å². The van der Waals surface area contributed by atoms with Crippen molar-refractivity contribution in [3.05, 3.63) is 11.1 Å². The molecule has 4 rings (SSSR count). The van der Waals surface area contributed by atoms with Gasteiger partial charge < -0.3 is 4.74 Å². The lowest BCUT2D eigenvalue weighted by molar-refractivity contribution is -0.157. The Morgan fingerprint density at radius 2 is 2.05 bits per heavy atom. The maximum Gasteiger partial charge on any atom is 0.309 e. The minimum atomic E-state index is -0.420. The molecule has 0 aromatic rings. The highest BCUT2D eigenvalue weighted by molar-refractivity contribution is 6.11. The lowest BCUT2D eigenvalue weighted by Gasteiger charge is -2.53. The topological polar surface area (TPSA) is 60.4 Å². The zero-order valence-electron chi connectivity index (χ0n) is 11.3. The average molecular weight is 262 g/mol. The van der Waals surface area contributed by atoms with Gasteiger partial charge in [-0.25, -0.2) is 0 Å². The van der Waals surface area contributed by atoms with Crippen molar-refractivity contribution in [1.29, 1.82) is 0 Å². The van der Waals surface area contributed by atoms with E-state index in [1.807, 2.05) is 0 Å². The Balaban J connectivity index is 2.16. The molecule has 0 N–H and O–H groups in total. The normalized spacial score (nSPS) is 37.4. The Morgan fingerprint density at radius 3 is 2.74 bits per heavy atom. The van der Waals surface area contributed by atoms with Gasteiger partial charge in [0.15, 0.2) is 11.6 Å². The third kappa shape index (κ3) is 1.49. The quantitative estimate of drug-likeness (QED) is 0.676. The Labute approximate surface area is 112 Å². The summed E-state index contributed by atoms with van der Waals surface area (Å²) in [6.45, 7) is 1.74. The first-order chi connectivity index (χ1) is 9.01. The number of methoxy groups -OCH3 is 1. The van der Waals surface area contributed by atoms with Crippen LogP contribution in [0.25, 0.3) is 0 Å². The van der Waals surface area contributed by atoms with E-state index < -0.39 is 5.41 Å². The molecule has 4 aliphatic carbocycles. The molecule has 0 amide bonds. The number of allylic oxidation sites excluding steroid dienone is 2. The molecule has 0 radical (unpaired) electrons. The van der Waals surface area contributed by atoms with E-state index >= 15 is 0 Å². The van der Waals surface area contributed by atoms with Crippen LogP contribution in [0.15, 0.2) is 11.1 Å². The number of carbonyl (C=O) groups excluding carboxylic acids is 3. The van der Waals surface area contributed by atoms with E-state index in [1.165, 1.54) is 7.11 Å². The van der Waals surface area contributed by atoms with Gasteiger partial charge in [0.1, 0.15) is 0 Å². The maximum atomic E-state index is 12.5. The van der Waals surface area contributed by atoms with Crippen molar-refractivity contribution in [3.63, 3.8) is 0 Å². The van der Waals surface area contributed by atoms with Gasteiger partial charge >= 0.3 is 5.97 Å². The summed E-state index contributed by atoms with van der Waals surface area (Å²) in [6.07, 6.45) is 3.34. The van der Waals surface area contributed by atoms with E-state index in [-0.39, 0.29) is 29.4 Å². The van der Waals surface area contributed by atoms with Crippen LogP contribution in [-0.4, -0.2) is 24.6 Å². The summed E-state index contributed by atoms with van der Waals surface area (Å²) >= 11 is 0. The van der Waals surface area contributed by atoms with Gasteiger partial charge in [0.25, 0.3) is 0 Å². The molecule has 19 heavy (non-hydrogen) atoms. The van der Waals surface area contributed by atoms with Gasteiger partial charge in [-0.05, 0) is 38.2 Å². The lowest BCUT2D eigenvalue weighted by atomic mass is 9.48. The molecule has 3 atom stereocenters. The van der Waals surface area contributed by atoms with E-state index in [9.17, 15) is 14.4 Å². The standard InChI is InChI=1S/C15H18O4/c1-8-11(16)4-6-15-5-3-9(13(17)12(8)15)7-10(15)14(18)19-2/h9-10H,3-7H2,1-2H3/t9-,10+,15-/m0/s1. The van der Waals surface area contributed by atoms with Crippen LogP contribution in [-0.2, 0) is 19.1 Å². The molecular formula is C15H18O4. The van der Waals surface area contributed by atoms with Gasteiger partial charge in [-0.1, -0.05) is 0 Å². The predicted molar refractivity (Wildman–Crippen MR) is 67.2 cm³/mol. The van der Waals surface area contributed by atoms with Crippen molar-refractivity contribution in [1.82, 2.24) is 0 Å². The summed E-state index contributed by atoms with van der Waals surface area (Å²) in [5.41, 5.74) is 0.827. The van der Waals surface area contributed by atoms with Gasteiger partial charge in [-0.2, -0.15) is 0 Å². The SMILES string of the molecule is COC(=O)[C@H]1C[C@@H]2CC[C@]13CCC(=O)C(C)=C3C2=O. The summed E-state index contributed by atoms with van der Waals surface area (Å²) in [6, 6.07) is 0. The second kappa shape index (κ2) is 4.02. The molecule has 3 saturated carbocycles. The molecule has 102 valence electrons. The first-order valence-corrected chi connectivity index (χ1v) is 6.88. The number of Topliss-reactive ketones (excluding diaryl/α,β-unsaturated/α-hetero) is 2. The highest BCUT2D eigenvalue weighted by Gasteiger charge is 2.59. The summed E-state index contributed by atoms with van der Waals surface area (Å²) in [7, 11) is 1.40. The molecule has 0 aromatic carbocycles. The van der Waals surface area contributed by atoms with Crippen LogP contribution in [0.2, 0.25) is 0 Å². The predicted octanol–water partition coefficient (Wildman–Crippen LogP) is 1.82. The van der Waals surface area contributed by atoms with Crippen molar-refractivity contribution < 1.29 is 19.1 Å². The third-order valence-corrected chi connectivity index (χ3v) is 5.32. The zero-order valence-corrected chi connectivity index (χ0v) is 11.3. The molecule has 0 heterocycles. The molecular weight excluding hydrogens is 244 g/mol. The van der Waals surface area contributed by atoms with Crippen LogP contribution in [0.1, 0.15) is 39.0 Å². The van der Waals surface area contributed by atoms with Crippen LogP contribution in [0.5, 0.6) is 0 Å². The smallest absolute Gasteiger partial charge is 0.309 e. The second-order valence-electron chi connectivity index (χ2n) is 5.99. The first-order valence-electron chi connectivity index (χ1n) is 6.88. The summed E-state index contributed by atoms with van der Waals surface area (Å²) in [5.74, 6) is -0.396. The molecule has 0 unspecified atom stereocenters. The number of fused-ring (bicyclic) bond motifs is 2. The van der Waals surface area contributed by atoms with Gasteiger partial charge in [0.2, 0.25) is 0 Å². The number of hydrogen-bond acceptors (Lipinski definition) is 4. The summed E-state index contributed by atoms with van der Waals surface area (Å²) < 4.78 is 4.93. The molecule has 4 heteroatoms. The number of ketones is 2. The first kappa shape index (κ1) is 12.6. The fourth-order valence-corrected chi connectivity index (χ4v) is 4.33.